The molecule has 0 heterocycles. The van der Waals surface area contributed by atoms with Crippen molar-refractivity contribution in [2.75, 3.05) is 11.9 Å². The second-order valence-electron chi connectivity index (χ2n) is 7.63. The van der Waals surface area contributed by atoms with E-state index >= 15 is 0 Å². The zero-order valence-electron chi connectivity index (χ0n) is 14.8. The molecule has 25 heavy (non-hydrogen) atoms. The summed E-state index contributed by atoms with van der Waals surface area (Å²) < 4.78 is 0. The Hall–Kier alpha value is -2.04. The highest BCUT2D eigenvalue weighted by molar-refractivity contribution is 5.89. The van der Waals surface area contributed by atoms with Gasteiger partial charge in [0.25, 0.3) is 0 Å². The first kappa shape index (κ1) is 17.8. The first-order valence-corrected chi connectivity index (χ1v) is 9.45. The topological polar surface area (TPSA) is 78.4 Å². The molecule has 2 amide bonds. The van der Waals surface area contributed by atoms with Crippen molar-refractivity contribution in [3.8, 4) is 0 Å². The Morgan fingerprint density at radius 2 is 1.72 bits per heavy atom. The number of rotatable bonds is 5. The van der Waals surface area contributed by atoms with Gasteiger partial charge in [0.15, 0.2) is 0 Å². The standard InChI is InChI=1S/C20H28N2O3/c23-18(24)13-20(10-4-1-5-11-20)14-21-19(25)22-17-9-8-15-6-2-3-7-16(15)12-17/h8-9,12H,1-7,10-11,13-14H2,(H,23,24)(H2,21,22,25). The lowest BCUT2D eigenvalue weighted by molar-refractivity contribution is -0.140. The Bertz CT molecular complexity index is 636. The fourth-order valence-electron chi connectivity index (χ4n) is 4.29. The van der Waals surface area contributed by atoms with Gasteiger partial charge in [-0.1, -0.05) is 25.3 Å². The Morgan fingerprint density at radius 1 is 1.00 bits per heavy atom. The van der Waals surface area contributed by atoms with Crippen LogP contribution in [0.4, 0.5) is 10.5 Å². The number of carboxylic acids is 1. The summed E-state index contributed by atoms with van der Waals surface area (Å²) in [4.78, 5) is 23.5. The molecule has 1 saturated carbocycles. The van der Waals surface area contributed by atoms with Crippen LogP contribution in [-0.2, 0) is 17.6 Å². The van der Waals surface area contributed by atoms with E-state index in [0.717, 1.165) is 50.6 Å². The molecule has 1 aromatic rings. The molecular formula is C20H28N2O3. The minimum Gasteiger partial charge on any atom is -0.481 e. The second-order valence-corrected chi connectivity index (χ2v) is 7.63. The van der Waals surface area contributed by atoms with Crippen LogP contribution in [0.1, 0.15) is 62.5 Å². The van der Waals surface area contributed by atoms with Gasteiger partial charge in [0.1, 0.15) is 0 Å². The van der Waals surface area contributed by atoms with Crippen LogP contribution >= 0.6 is 0 Å². The molecule has 136 valence electrons. The van der Waals surface area contributed by atoms with E-state index in [2.05, 4.69) is 22.8 Å². The summed E-state index contributed by atoms with van der Waals surface area (Å²) in [7, 11) is 0. The fraction of sp³-hybridized carbons (Fsp3) is 0.600. The van der Waals surface area contributed by atoms with E-state index in [0.29, 0.717) is 6.54 Å². The molecule has 5 heteroatoms. The highest BCUT2D eigenvalue weighted by Gasteiger charge is 2.34. The predicted octanol–water partition coefficient (Wildman–Crippen LogP) is 4.11. The number of carboxylic acid groups (broad SMARTS) is 1. The van der Waals surface area contributed by atoms with E-state index in [-0.39, 0.29) is 17.9 Å². The van der Waals surface area contributed by atoms with E-state index in [4.69, 9.17) is 0 Å². The van der Waals surface area contributed by atoms with Crippen molar-refractivity contribution in [3.63, 3.8) is 0 Å². The zero-order valence-corrected chi connectivity index (χ0v) is 14.8. The van der Waals surface area contributed by atoms with Crippen molar-refractivity contribution in [1.82, 2.24) is 5.32 Å². The number of carbonyl (C=O) groups is 2. The van der Waals surface area contributed by atoms with Gasteiger partial charge in [-0.15, -0.1) is 0 Å². The molecule has 1 aromatic carbocycles. The molecule has 0 atom stereocenters. The highest BCUT2D eigenvalue weighted by Crippen LogP contribution is 2.38. The Labute approximate surface area is 149 Å². The number of benzene rings is 1. The van der Waals surface area contributed by atoms with Gasteiger partial charge >= 0.3 is 12.0 Å². The molecule has 3 rings (SSSR count). The highest BCUT2D eigenvalue weighted by atomic mass is 16.4. The summed E-state index contributed by atoms with van der Waals surface area (Å²) in [5, 5.41) is 15.0. The van der Waals surface area contributed by atoms with Crippen molar-refractivity contribution < 1.29 is 14.7 Å². The summed E-state index contributed by atoms with van der Waals surface area (Å²) in [6.07, 6.45) is 9.77. The molecule has 1 fully saturated rings. The third-order valence-corrected chi connectivity index (χ3v) is 5.67. The summed E-state index contributed by atoms with van der Waals surface area (Å²) >= 11 is 0. The molecular weight excluding hydrogens is 316 g/mol. The Morgan fingerprint density at radius 3 is 2.44 bits per heavy atom. The number of hydrogen-bond donors (Lipinski definition) is 3. The maximum absolute atomic E-state index is 12.3. The van der Waals surface area contributed by atoms with E-state index < -0.39 is 5.97 Å². The van der Waals surface area contributed by atoms with Gasteiger partial charge in [-0.2, -0.15) is 0 Å². The first-order valence-electron chi connectivity index (χ1n) is 9.45. The number of carbonyl (C=O) groups excluding carboxylic acids is 1. The van der Waals surface area contributed by atoms with Crippen molar-refractivity contribution >= 4 is 17.7 Å². The monoisotopic (exact) mass is 344 g/mol. The van der Waals surface area contributed by atoms with Gasteiger partial charge < -0.3 is 15.7 Å². The minimum absolute atomic E-state index is 0.131. The molecule has 5 nitrogen and oxygen atoms in total. The van der Waals surface area contributed by atoms with Gasteiger partial charge in [-0.05, 0) is 67.2 Å². The summed E-state index contributed by atoms with van der Waals surface area (Å²) in [6, 6.07) is 5.89. The van der Waals surface area contributed by atoms with E-state index in [1.165, 1.54) is 24.0 Å². The van der Waals surface area contributed by atoms with Gasteiger partial charge in [-0.3, -0.25) is 4.79 Å². The molecule has 3 N–H and O–H groups in total. The Kier molecular flexibility index (Phi) is 5.61. The molecule has 0 unspecified atom stereocenters. The van der Waals surface area contributed by atoms with Gasteiger partial charge in [0.05, 0.1) is 6.42 Å². The smallest absolute Gasteiger partial charge is 0.319 e. The lowest BCUT2D eigenvalue weighted by Gasteiger charge is -2.36. The number of nitrogens with one attached hydrogen (secondary N) is 2. The van der Waals surface area contributed by atoms with Crippen molar-refractivity contribution in [2.24, 2.45) is 5.41 Å². The van der Waals surface area contributed by atoms with E-state index in [1.807, 2.05) is 6.07 Å². The largest absolute Gasteiger partial charge is 0.481 e. The zero-order chi connectivity index (χ0) is 17.7. The van der Waals surface area contributed by atoms with Gasteiger partial charge in [-0.25, -0.2) is 4.79 Å². The molecule has 0 aromatic heterocycles. The number of amides is 2. The summed E-state index contributed by atoms with van der Waals surface area (Å²) in [6.45, 7) is 0.427. The maximum Gasteiger partial charge on any atom is 0.319 e. The third-order valence-electron chi connectivity index (χ3n) is 5.67. The molecule has 0 bridgehead atoms. The average Bonchev–Trinajstić information content (AvgIpc) is 2.60. The first-order chi connectivity index (χ1) is 12.1. The predicted molar refractivity (Wildman–Crippen MR) is 97.9 cm³/mol. The summed E-state index contributed by atoms with van der Waals surface area (Å²) in [5.41, 5.74) is 3.24. The molecule has 0 radical (unpaired) electrons. The number of hydrogen-bond acceptors (Lipinski definition) is 2. The minimum atomic E-state index is -0.779. The van der Waals surface area contributed by atoms with E-state index in [1.54, 1.807) is 0 Å². The van der Waals surface area contributed by atoms with Crippen LogP contribution in [0.3, 0.4) is 0 Å². The van der Waals surface area contributed by atoms with E-state index in [9.17, 15) is 14.7 Å². The van der Waals surface area contributed by atoms with Crippen molar-refractivity contribution in [2.45, 2.75) is 64.2 Å². The SMILES string of the molecule is O=C(O)CC1(CNC(=O)Nc2ccc3c(c2)CCCC3)CCCCC1. The Balaban J connectivity index is 1.57. The van der Waals surface area contributed by atoms with Crippen LogP contribution in [-0.4, -0.2) is 23.7 Å². The molecule has 0 spiro atoms. The third kappa shape index (κ3) is 4.74. The number of aliphatic carboxylic acids is 1. The molecule has 2 aliphatic rings. The molecule has 0 saturated heterocycles. The number of anilines is 1. The normalized spacial score (nSPS) is 18.9. The van der Waals surface area contributed by atoms with Crippen molar-refractivity contribution in [3.05, 3.63) is 29.3 Å². The lowest BCUT2D eigenvalue weighted by Crippen LogP contribution is -2.42. The molecule has 0 aliphatic heterocycles. The second kappa shape index (κ2) is 7.89. The number of fused-ring (bicyclic) bond motifs is 1. The lowest BCUT2D eigenvalue weighted by atomic mass is 9.72. The van der Waals surface area contributed by atoms with Crippen LogP contribution in [0.2, 0.25) is 0 Å². The number of aryl methyl sites for hydroxylation is 2. The van der Waals surface area contributed by atoms with Crippen molar-refractivity contribution in [1.29, 1.82) is 0 Å². The number of urea groups is 1. The average molecular weight is 344 g/mol. The van der Waals surface area contributed by atoms with Crippen LogP contribution < -0.4 is 10.6 Å². The van der Waals surface area contributed by atoms with Crippen LogP contribution in [0, 0.1) is 5.41 Å². The van der Waals surface area contributed by atoms with Crippen LogP contribution in [0.25, 0.3) is 0 Å². The maximum atomic E-state index is 12.3. The van der Waals surface area contributed by atoms with Gasteiger partial charge in [0.2, 0.25) is 0 Å². The molecule has 2 aliphatic carbocycles. The van der Waals surface area contributed by atoms with Crippen LogP contribution in [0.15, 0.2) is 18.2 Å². The van der Waals surface area contributed by atoms with Crippen LogP contribution in [0.5, 0.6) is 0 Å². The fourth-order valence-corrected chi connectivity index (χ4v) is 4.29. The summed E-state index contributed by atoms with van der Waals surface area (Å²) in [5.74, 6) is -0.779. The van der Waals surface area contributed by atoms with Gasteiger partial charge in [0, 0.05) is 12.2 Å². The quantitative estimate of drug-likeness (QED) is 0.752.